The van der Waals surface area contributed by atoms with Crippen molar-refractivity contribution in [1.29, 1.82) is 0 Å². The zero-order chi connectivity index (χ0) is 18.9. The van der Waals surface area contributed by atoms with Gasteiger partial charge in [0.1, 0.15) is 0 Å². The summed E-state index contributed by atoms with van der Waals surface area (Å²) in [6.45, 7) is 0. The van der Waals surface area contributed by atoms with Gasteiger partial charge in [0.05, 0.1) is 10.9 Å². The first-order valence-corrected chi connectivity index (χ1v) is 11.2. The first-order valence-electron chi connectivity index (χ1n) is 9.11. The van der Waals surface area contributed by atoms with Crippen molar-refractivity contribution in [3.05, 3.63) is 113 Å². The lowest BCUT2D eigenvalue weighted by molar-refractivity contribution is 1.33. The van der Waals surface area contributed by atoms with E-state index < -0.39 is 0 Å². The highest BCUT2D eigenvalue weighted by atomic mass is 32.2. The monoisotopic (exact) mass is 397 g/mol. The standard InChI is InChI=1S/C25H17OS2/c26-25-21-13-7-8-14-23(21)27-24-16-15-20(17-22(24)25)28(18-9-3-1-4-10-18)19-11-5-2-6-12-19/h1-17H/q+1. The predicted octanol–water partition coefficient (Wildman–Crippen LogP) is 6.51. The minimum absolute atomic E-state index is 0.121. The molecule has 0 atom stereocenters. The van der Waals surface area contributed by atoms with Crippen molar-refractivity contribution in [3.63, 3.8) is 0 Å². The number of fused-ring (bicyclic) bond motifs is 2. The Hall–Kier alpha value is -2.88. The maximum absolute atomic E-state index is 13.1. The van der Waals surface area contributed by atoms with Crippen molar-refractivity contribution < 1.29 is 0 Å². The molecule has 0 bridgehead atoms. The van der Waals surface area contributed by atoms with Gasteiger partial charge in [0.2, 0.25) is 0 Å². The largest absolute Gasteiger partial charge is 0.288 e. The highest BCUT2D eigenvalue weighted by Crippen LogP contribution is 2.33. The normalized spacial score (nSPS) is 11.3. The number of benzene rings is 4. The summed E-state index contributed by atoms with van der Waals surface area (Å²) in [5.74, 6) is 0. The summed E-state index contributed by atoms with van der Waals surface area (Å²) in [6.07, 6.45) is 0. The van der Waals surface area contributed by atoms with E-state index in [0.717, 1.165) is 20.2 Å². The molecular formula is C25H17OS2+. The maximum Gasteiger partial charge on any atom is 0.196 e. The quantitative estimate of drug-likeness (QED) is 0.250. The molecule has 1 heterocycles. The summed E-state index contributed by atoms with van der Waals surface area (Å²) in [5.41, 5.74) is 0.121. The summed E-state index contributed by atoms with van der Waals surface area (Å²) < 4.78 is 2.08. The number of rotatable bonds is 3. The Bertz CT molecular complexity index is 1290. The van der Waals surface area contributed by atoms with Crippen molar-refractivity contribution in [1.82, 2.24) is 0 Å². The second kappa shape index (κ2) is 7.27. The second-order valence-electron chi connectivity index (χ2n) is 6.52. The smallest absolute Gasteiger partial charge is 0.196 e. The minimum atomic E-state index is -0.247. The van der Waals surface area contributed by atoms with E-state index in [1.807, 2.05) is 36.4 Å². The van der Waals surface area contributed by atoms with E-state index in [9.17, 15) is 4.79 Å². The highest BCUT2D eigenvalue weighted by molar-refractivity contribution is 7.97. The molecule has 134 valence electrons. The van der Waals surface area contributed by atoms with Crippen molar-refractivity contribution in [3.8, 4) is 0 Å². The molecule has 0 aliphatic carbocycles. The molecule has 0 unspecified atom stereocenters. The third kappa shape index (κ3) is 3.03. The molecule has 3 heteroatoms. The summed E-state index contributed by atoms with van der Waals surface area (Å²) in [7, 11) is -0.247. The number of hydrogen-bond acceptors (Lipinski definition) is 2. The van der Waals surface area contributed by atoms with Crippen LogP contribution in [-0.2, 0) is 10.9 Å². The summed E-state index contributed by atoms with van der Waals surface area (Å²) in [6, 6.07) is 35.3. The van der Waals surface area contributed by atoms with Crippen LogP contribution in [0.5, 0.6) is 0 Å². The Balaban J connectivity index is 1.76. The van der Waals surface area contributed by atoms with Gasteiger partial charge >= 0.3 is 0 Å². The van der Waals surface area contributed by atoms with Gasteiger partial charge in [-0.05, 0) is 48.5 Å². The van der Waals surface area contributed by atoms with E-state index in [2.05, 4.69) is 66.7 Å². The number of hydrogen-bond donors (Lipinski definition) is 0. The molecule has 0 fully saturated rings. The Kier molecular flexibility index (Phi) is 4.47. The molecule has 5 rings (SSSR count). The van der Waals surface area contributed by atoms with Crippen LogP contribution in [-0.4, -0.2) is 0 Å². The Morgan fingerprint density at radius 3 is 1.79 bits per heavy atom. The molecule has 0 N–H and O–H groups in total. The van der Waals surface area contributed by atoms with Gasteiger partial charge in [-0.15, -0.1) is 11.3 Å². The molecule has 0 spiro atoms. The van der Waals surface area contributed by atoms with Gasteiger partial charge in [0.25, 0.3) is 0 Å². The fourth-order valence-electron chi connectivity index (χ4n) is 3.43. The SMILES string of the molecule is O=c1c2ccccc2sc2ccc([S+](c3ccccc3)c3ccccc3)cc12. The minimum Gasteiger partial charge on any atom is -0.288 e. The van der Waals surface area contributed by atoms with E-state index in [0.29, 0.717) is 0 Å². The second-order valence-corrected chi connectivity index (χ2v) is 9.63. The molecule has 0 aliphatic heterocycles. The molecule has 0 saturated carbocycles. The van der Waals surface area contributed by atoms with Crippen LogP contribution < -0.4 is 5.43 Å². The third-order valence-corrected chi connectivity index (χ3v) is 8.11. The van der Waals surface area contributed by atoms with Crippen LogP contribution in [0.2, 0.25) is 0 Å². The fraction of sp³-hybridized carbons (Fsp3) is 0. The lowest BCUT2D eigenvalue weighted by Crippen LogP contribution is -2.07. The van der Waals surface area contributed by atoms with Gasteiger partial charge in [0, 0.05) is 26.2 Å². The zero-order valence-corrected chi connectivity index (χ0v) is 16.7. The van der Waals surface area contributed by atoms with E-state index in [-0.39, 0.29) is 16.3 Å². The molecule has 1 nitrogen and oxygen atoms in total. The third-order valence-electron chi connectivity index (χ3n) is 4.74. The lowest BCUT2D eigenvalue weighted by atomic mass is 10.2. The molecule has 0 saturated heterocycles. The van der Waals surface area contributed by atoms with E-state index in [1.54, 1.807) is 11.3 Å². The average molecular weight is 398 g/mol. The van der Waals surface area contributed by atoms with Gasteiger partial charge in [-0.2, -0.15) is 0 Å². The lowest BCUT2D eigenvalue weighted by Gasteiger charge is -2.09. The zero-order valence-electron chi connectivity index (χ0n) is 15.0. The van der Waals surface area contributed by atoms with Crippen molar-refractivity contribution in [2.75, 3.05) is 0 Å². The van der Waals surface area contributed by atoms with Gasteiger partial charge in [-0.25, -0.2) is 0 Å². The summed E-state index contributed by atoms with van der Waals surface area (Å²) in [4.78, 5) is 16.8. The molecular weight excluding hydrogens is 380 g/mol. The fourth-order valence-corrected chi connectivity index (χ4v) is 6.60. The molecule has 0 amide bonds. The van der Waals surface area contributed by atoms with Crippen LogP contribution in [0.4, 0.5) is 0 Å². The Labute approximate surface area is 170 Å². The van der Waals surface area contributed by atoms with Gasteiger partial charge in [-0.3, -0.25) is 4.79 Å². The molecule has 5 aromatic rings. The van der Waals surface area contributed by atoms with Gasteiger partial charge in [-0.1, -0.05) is 48.5 Å². The van der Waals surface area contributed by atoms with Gasteiger partial charge < -0.3 is 0 Å². The van der Waals surface area contributed by atoms with Crippen LogP contribution in [0.15, 0.2) is 123 Å². The van der Waals surface area contributed by atoms with Crippen molar-refractivity contribution in [2.45, 2.75) is 14.7 Å². The van der Waals surface area contributed by atoms with Crippen LogP contribution >= 0.6 is 11.3 Å². The first kappa shape index (κ1) is 17.2. The van der Waals surface area contributed by atoms with Crippen LogP contribution in [0.25, 0.3) is 20.2 Å². The summed E-state index contributed by atoms with van der Waals surface area (Å²) in [5, 5.41) is 1.61. The first-order chi connectivity index (χ1) is 13.8. The average Bonchev–Trinajstić information content (AvgIpc) is 2.76. The van der Waals surface area contributed by atoms with Crippen molar-refractivity contribution in [2.24, 2.45) is 0 Å². The molecule has 0 aliphatic rings. The Morgan fingerprint density at radius 2 is 1.11 bits per heavy atom. The Morgan fingerprint density at radius 1 is 0.536 bits per heavy atom. The predicted molar refractivity (Wildman–Crippen MR) is 121 cm³/mol. The molecule has 4 aromatic carbocycles. The highest BCUT2D eigenvalue weighted by Gasteiger charge is 2.28. The van der Waals surface area contributed by atoms with Crippen LogP contribution in [0, 0.1) is 0 Å². The topological polar surface area (TPSA) is 17.1 Å². The van der Waals surface area contributed by atoms with E-state index in [4.69, 9.17) is 0 Å². The van der Waals surface area contributed by atoms with Crippen molar-refractivity contribution >= 4 is 42.4 Å². The molecule has 1 aromatic heterocycles. The van der Waals surface area contributed by atoms with Crippen LogP contribution in [0.3, 0.4) is 0 Å². The molecule has 0 radical (unpaired) electrons. The van der Waals surface area contributed by atoms with Gasteiger partial charge in [0.15, 0.2) is 20.1 Å². The van der Waals surface area contributed by atoms with Crippen LogP contribution in [0.1, 0.15) is 0 Å². The van der Waals surface area contributed by atoms with E-state index in [1.165, 1.54) is 14.7 Å². The van der Waals surface area contributed by atoms with E-state index >= 15 is 0 Å². The maximum atomic E-state index is 13.1. The molecule has 28 heavy (non-hydrogen) atoms. The summed E-state index contributed by atoms with van der Waals surface area (Å²) >= 11 is 1.68.